The van der Waals surface area contributed by atoms with E-state index in [1.165, 1.54) is 0 Å². The van der Waals surface area contributed by atoms with Gasteiger partial charge < -0.3 is 9.84 Å². The van der Waals surface area contributed by atoms with E-state index in [-0.39, 0.29) is 5.94 Å². The van der Waals surface area contributed by atoms with Gasteiger partial charge in [0.1, 0.15) is 6.61 Å². The molecule has 0 amide bonds. The average Bonchev–Trinajstić information content (AvgIpc) is 2.01. The van der Waals surface area contributed by atoms with E-state index in [1.54, 1.807) is 6.92 Å². The van der Waals surface area contributed by atoms with Crippen molar-refractivity contribution in [3.05, 3.63) is 0 Å². The molecule has 0 bridgehead atoms. The number of carbonyl (C=O) groups is 1. The average molecular weight is 232 g/mol. The number of hydrogen-bond donors (Lipinski definition) is 1. The Kier molecular flexibility index (Phi) is 6.14. The van der Waals surface area contributed by atoms with Gasteiger partial charge in [-0.25, -0.2) is 0 Å². The van der Waals surface area contributed by atoms with Crippen molar-refractivity contribution in [3.8, 4) is 0 Å². The molecule has 1 atom stereocenters. The number of hydrogen-bond acceptors (Lipinski definition) is 4. The highest BCUT2D eigenvalue weighted by Crippen LogP contribution is 2.16. The van der Waals surface area contributed by atoms with Crippen LogP contribution >= 0.6 is 11.8 Å². The van der Waals surface area contributed by atoms with E-state index in [0.29, 0.717) is 5.75 Å². The molecule has 3 nitrogen and oxygen atoms in total. The largest absolute Gasteiger partial charge is 0.452 e. The van der Waals surface area contributed by atoms with E-state index >= 15 is 0 Å². The normalized spacial score (nSPS) is 14.1. The highest BCUT2D eigenvalue weighted by molar-refractivity contribution is 7.99. The second-order valence-electron chi connectivity index (χ2n) is 2.61. The lowest BCUT2D eigenvalue weighted by Crippen LogP contribution is -2.27. The molecule has 0 aliphatic heterocycles. The molecule has 0 aromatic carbocycles. The van der Waals surface area contributed by atoms with Crippen molar-refractivity contribution in [1.82, 2.24) is 0 Å². The molecule has 14 heavy (non-hydrogen) atoms. The number of ether oxygens (including phenoxy) is 1. The number of Topliss-reactive ketones (excluding diaryl/α,β-unsaturated/α-hetero) is 1. The van der Waals surface area contributed by atoms with Crippen LogP contribution in [0.3, 0.4) is 0 Å². The Balaban J connectivity index is 3.42. The van der Waals surface area contributed by atoms with Gasteiger partial charge in [0.15, 0.2) is 0 Å². The van der Waals surface area contributed by atoms with E-state index in [4.69, 9.17) is 5.11 Å². The summed E-state index contributed by atoms with van der Waals surface area (Å²) in [4.78, 5) is 10.3. The van der Waals surface area contributed by atoms with Crippen molar-refractivity contribution >= 4 is 17.5 Å². The van der Waals surface area contributed by atoms with Crippen LogP contribution in [-0.4, -0.2) is 41.5 Å². The van der Waals surface area contributed by atoms with E-state index < -0.39 is 24.7 Å². The van der Waals surface area contributed by atoms with Crippen LogP contribution in [-0.2, 0) is 9.53 Å². The molecule has 0 saturated heterocycles. The van der Waals surface area contributed by atoms with Crippen molar-refractivity contribution in [2.45, 2.75) is 19.2 Å². The van der Waals surface area contributed by atoms with Crippen molar-refractivity contribution in [2.24, 2.45) is 0 Å². The van der Waals surface area contributed by atoms with Gasteiger partial charge in [-0.1, -0.05) is 0 Å². The lowest BCUT2D eigenvalue weighted by Gasteiger charge is -2.06. The van der Waals surface area contributed by atoms with Gasteiger partial charge in [-0.15, -0.1) is 11.8 Å². The Labute approximate surface area is 83.6 Å². The fourth-order valence-corrected chi connectivity index (χ4v) is 1.13. The zero-order valence-electron chi connectivity index (χ0n) is 7.50. The first kappa shape index (κ1) is 13.7. The summed E-state index contributed by atoms with van der Waals surface area (Å²) in [7, 11) is 0. The summed E-state index contributed by atoms with van der Waals surface area (Å²) in [6, 6.07) is 0. The molecule has 0 fully saturated rings. The summed E-state index contributed by atoms with van der Waals surface area (Å²) in [5.74, 6) is -1.57. The maximum absolute atomic E-state index is 11.6. The number of ketones is 1. The molecule has 7 heteroatoms. The summed E-state index contributed by atoms with van der Waals surface area (Å²) in [6.07, 6.45) is -5.36. The predicted octanol–water partition coefficient (Wildman–Crippen LogP) is 1.21. The van der Waals surface area contributed by atoms with Gasteiger partial charge in [0.25, 0.3) is 5.78 Å². The zero-order chi connectivity index (χ0) is 11.2. The zero-order valence-corrected chi connectivity index (χ0v) is 8.32. The van der Waals surface area contributed by atoms with Gasteiger partial charge in [-0.2, -0.15) is 13.2 Å². The van der Waals surface area contributed by atoms with Crippen LogP contribution in [0.25, 0.3) is 0 Å². The quantitative estimate of drug-likeness (QED) is 0.552. The molecule has 0 rings (SSSR count). The SMILES string of the molecule is CC(O)CSCOCC(=O)C(F)(F)F. The van der Waals surface area contributed by atoms with Crippen molar-refractivity contribution in [2.75, 3.05) is 18.3 Å². The second-order valence-corrected chi connectivity index (χ2v) is 3.58. The van der Waals surface area contributed by atoms with Gasteiger partial charge >= 0.3 is 6.18 Å². The third-order valence-corrected chi connectivity index (χ3v) is 2.13. The number of rotatable bonds is 6. The lowest BCUT2D eigenvalue weighted by molar-refractivity contribution is -0.174. The Morgan fingerprint density at radius 1 is 1.57 bits per heavy atom. The Morgan fingerprint density at radius 3 is 2.57 bits per heavy atom. The maximum Gasteiger partial charge on any atom is 0.452 e. The van der Waals surface area contributed by atoms with Gasteiger partial charge in [0.2, 0.25) is 0 Å². The van der Waals surface area contributed by atoms with Crippen molar-refractivity contribution in [1.29, 1.82) is 0 Å². The number of alkyl halides is 3. The second kappa shape index (κ2) is 6.26. The van der Waals surface area contributed by atoms with Crippen LogP contribution in [0.4, 0.5) is 13.2 Å². The fraction of sp³-hybridized carbons (Fsp3) is 0.857. The highest BCUT2D eigenvalue weighted by atomic mass is 32.2. The monoisotopic (exact) mass is 232 g/mol. The molecule has 0 heterocycles. The number of carbonyl (C=O) groups excluding carboxylic acids is 1. The Hall–Kier alpha value is -0.270. The standard InChI is InChI=1S/C7H11F3O3S/c1-5(11)3-14-4-13-2-6(12)7(8,9)10/h5,11H,2-4H2,1H3. The minimum atomic E-state index is -4.82. The van der Waals surface area contributed by atoms with Crippen LogP contribution in [0.2, 0.25) is 0 Å². The maximum atomic E-state index is 11.6. The van der Waals surface area contributed by atoms with Crippen molar-refractivity contribution < 1.29 is 27.8 Å². The molecule has 0 aliphatic carbocycles. The number of halogens is 3. The third kappa shape index (κ3) is 7.16. The lowest BCUT2D eigenvalue weighted by atomic mass is 10.4. The molecule has 0 saturated carbocycles. The molecule has 0 spiro atoms. The first-order valence-electron chi connectivity index (χ1n) is 3.77. The first-order valence-corrected chi connectivity index (χ1v) is 4.93. The van der Waals surface area contributed by atoms with Gasteiger partial charge in [-0.05, 0) is 6.92 Å². The summed E-state index contributed by atoms with van der Waals surface area (Å²) in [6.45, 7) is 0.587. The third-order valence-electron chi connectivity index (χ3n) is 1.08. The van der Waals surface area contributed by atoms with Gasteiger partial charge in [0, 0.05) is 5.75 Å². The van der Waals surface area contributed by atoms with Crippen LogP contribution in [0.15, 0.2) is 0 Å². The van der Waals surface area contributed by atoms with Gasteiger partial charge in [0.05, 0.1) is 12.0 Å². The topological polar surface area (TPSA) is 46.5 Å². The van der Waals surface area contributed by atoms with E-state index in [0.717, 1.165) is 11.8 Å². The van der Waals surface area contributed by atoms with E-state index in [1.807, 2.05) is 0 Å². The minimum absolute atomic E-state index is 0.0350. The van der Waals surface area contributed by atoms with E-state index in [2.05, 4.69) is 4.74 Å². The molecule has 0 radical (unpaired) electrons. The molecule has 0 aliphatic rings. The molecule has 0 aromatic rings. The molecule has 0 aromatic heterocycles. The molecular weight excluding hydrogens is 221 g/mol. The first-order chi connectivity index (χ1) is 6.34. The predicted molar refractivity (Wildman–Crippen MR) is 46.0 cm³/mol. The van der Waals surface area contributed by atoms with E-state index in [9.17, 15) is 18.0 Å². The van der Waals surface area contributed by atoms with Crippen LogP contribution in [0.1, 0.15) is 6.92 Å². The number of aliphatic hydroxyl groups excluding tert-OH is 1. The van der Waals surface area contributed by atoms with Crippen LogP contribution < -0.4 is 0 Å². The summed E-state index contributed by atoms with van der Waals surface area (Å²) >= 11 is 1.12. The molecule has 1 unspecified atom stereocenters. The highest BCUT2D eigenvalue weighted by Gasteiger charge is 2.37. The van der Waals surface area contributed by atoms with Crippen LogP contribution in [0, 0.1) is 0 Å². The number of thioether (sulfide) groups is 1. The van der Waals surface area contributed by atoms with Crippen LogP contribution in [0.5, 0.6) is 0 Å². The molecular formula is C7H11F3O3S. The smallest absolute Gasteiger partial charge is 0.393 e. The van der Waals surface area contributed by atoms with Crippen molar-refractivity contribution in [3.63, 3.8) is 0 Å². The summed E-state index contributed by atoms with van der Waals surface area (Å²) in [5.41, 5.74) is 0. The Morgan fingerprint density at radius 2 is 2.14 bits per heavy atom. The Bertz CT molecular complexity index is 182. The molecule has 84 valence electrons. The summed E-state index contributed by atoms with van der Waals surface area (Å²) in [5, 5.41) is 8.77. The minimum Gasteiger partial charge on any atom is -0.393 e. The van der Waals surface area contributed by atoms with Gasteiger partial charge in [-0.3, -0.25) is 4.79 Å². The number of aliphatic hydroxyl groups is 1. The molecule has 1 N–H and O–H groups in total. The summed E-state index contributed by atoms with van der Waals surface area (Å²) < 4.78 is 39.3. The fourth-order valence-electron chi connectivity index (χ4n) is 0.494.